The smallest absolute Gasteiger partial charge is 0.223 e. The predicted octanol–water partition coefficient (Wildman–Crippen LogP) is 2.60. The van der Waals surface area contributed by atoms with Gasteiger partial charge in [0.05, 0.1) is 5.88 Å². The van der Waals surface area contributed by atoms with Gasteiger partial charge in [-0.05, 0) is 19.9 Å². The topological polar surface area (TPSA) is 37.8 Å². The normalized spacial score (nSPS) is 10.6. The molecular formula is C10H17N3S. The first-order chi connectivity index (χ1) is 6.58. The monoisotopic (exact) mass is 211 g/mol. The minimum absolute atomic E-state index is 0.633. The van der Waals surface area contributed by atoms with E-state index in [0.29, 0.717) is 5.25 Å². The maximum absolute atomic E-state index is 4.30. The summed E-state index contributed by atoms with van der Waals surface area (Å²) in [4.78, 5) is 8.59. The third-order valence-corrected chi connectivity index (χ3v) is 2.61. The summed E-state index contributed by atoms with van der Waals surface area (Å²) in [6.45, 7) is 8.31. The fourth-order valence-electron chi connectivity index (χ4n) is 1.08. The van der Waals surface area contributed by atoms with Crippen molar-refractivity contribution in [2.75, 3.05) is 11.2 Å². The molecule has 1 heterocycles. The number of hydrogen-bond acceptors (Lipinski definition) is 4. The fraction of sp³-hybridized carbons (Fsp3) is 0.600. The highest BCUT2D eigenvalue weighted by atomic mass is 32.2. The maximum Gasteiger partial charge on any atom is 0.223 e. The molecule has 1 N–H and O–H groups in total. The van der Waals surface area contributed by atoms with Crippen molar-refractivity contribution in [3.63, 3.8) is 0 Å². The van der Waals surface area contributed by atoms with Crippen LogP contribution in [0.3, 0.4) is 0 Å². The molecular weight excluding hydrogens is 194 g/mol. The van der Waals surface area contributed by atoms with E-state index in [0.717, 1.165) is 23.2 Å². The van der Waals surface area contributed by atoms with E-state index in [9.17, 15) is 0 Å². The molecule has 0 aliphatic heterocycles. The molecule has 0 aliphatic rings. The Hall–Kier alpha value is -0.770. The average molecular weight is 211 g/mol. The molecule has 0 fully saturated rings. The fourth-order valence-corrected chi connectivity index (χ4v) is 1.62. The SMILES string of the molecule is Cc1cc(C)nc(NCSC(C)C)n1. The van der Waals surface area contributed by atoms with E-state index >= 15 is 0 Å². The number of anilines is 1. The summed E-state index contributed by atoms with van der Waals surface area (Å²) in [6.07, 6.45) is 0. The van der Waals surface area contributed by atoms with Crippen molar-refractivity contribution in [1.82, 2.24) is 9.97 Å². The van der Waals surface area contributed by atoms with Crippen LogP contribution in [-0.2, 0) is 0 Å². The first kappa shape index (κ1) is 11.3. The van der Waals surface area contributed by atoms with Gasteiger partial charge < -0.3 is 5.32 Å². The van der Waals surface area contributed by atoms with Crippen LogP contribution in [0.1, 0.15) is 25.2 Å². The molecule has 0 aliphatic carbocycles. The molecule has 1 rings (SSSR count). The van der Waals surface area contributed by atoms with E-state index in [1.165, 1.54) is 0 Å². The number of hydrogen-bond donors (Lipinski definition) is 1. The summed E-state index contributed by atoms with van der Waals surface area (Å²) in [5.41, 5.74) is 2.02. The second-order valence-corrected chi connectivity index (χ2v) is 5.08. The van der Waals surface area contributed by atoms with Gasteiger partial charge in [-0.2, -0.15) is 0 Å². The highest BCUT2D eigenvalue weighted by Crippen LogP contribution is 2.10. The summed E-state index contributed by atoms with van der Waals surface area (Å²) in [7, 11) is 0. The van der Waals surface area contributed by atoms with Crippen LogP contribution in [0.25, 0.3) is 0 Å². The molecule has 0 spiro atoms. The molecule has 0 aromatic carbocycles. The Balaban J connectivity index is 2.50. The summed E-state index contributed by atoms with van der Waals surface area (Å²) >= 11 is 1.85. The molecule has 0 unspecified atom stereocenters. The molecule has 0 atom stereocenters. The summed E-state index contributed by atoms with van der Waals surface area (Å²) in [5, 5.41) is 3.83. The molecule has 0 bridgehead atoms. The number of nitrogens with one attached hydrogen (secondary N) is 1. The molecule has 0 saturated heterocycles. The van der Waals surface area contributed by atoms with Gasteiger partial charge in [0, 0.05) is 16.6 Å². The van der Waals surface area contributed by atoms with E-state index in [-0.39, 0.29) is 0 Å². The highest BCUT2D eigenvalue weighted by molar-refractivity contribution is 7.99. The second-order valence-electron chi connectivity index (χ2n) is 3.51. The van der Waals surface area contributed by atoms with Gasteiger partial charge in [0.1, 0.15) is 0 Å². The van der Waals surface area contributed by atoms with Crippen LogP contribution in [-0.4, -0.2) is 21.1 Å². The van der Waals surface area contributed by atoms with Crippen molar-refractivity contribution in [3.05, 3.63) is 17.5 Å². The van der Waals surface area contributed by atoms with Crippen molar-refractivity contribution < 1.29 is 0 Å². The molecule has 4 heteroatoms. The number of rotatable bonds is 4. The van der Waals surface area contributed by atoms with Gasteiger partial charge in [-0.3, -0.25) is 0 Å². The number of nitrogens with zero attached hydrogens (tertiary/aromatic N) is 2. The zero-order valence-electron chi connectivity index (χ0n) is 9.16. The molecule has 78 valence electrons. The Morgan fingerprint density at radius 2 is 1.86 bits per heavy atom. The lowest BCUT2D eigenvalue weighted by Gasteiger charge is -2.07. The predicted molar refractivity (Wildman–Crippen MR) is 62.7 cm³/mol. The van der Waals surface area contributed by atoms with Crippen LogP contribution in [0.4, 0.5) is 5.95 Å². The quantitative estimate of drug-likeness (QED) is 0.777. The van der Waals surface area contributed by atoms with E-state index in [4.69, 9.17) is 0 Å². The lowest BCUT2D eigenvalue weighted by Crippen LogP contribution is -2.06. The molecule has 0 amide bonds. The summed E-state index contributed by atoms with van der Waals surface area (Å²) < 4.78 is 0. The Morgan fingerprint density at radius 1 is 1.29 bits per heavy atom. The van der Waals surface area contributed by atoms with Gasteiger partial charge in [0.15, 0.2) is 0 Å². The summed E-state index contributed by atoms with van der Waals surface area (Å²) in [6, 6.07) is 1.97. The van der Waals surface area contributed by atoms with E-state index in [2.05, 4.69) is 29.1 Å². The largest absolute Gasteiger partial charge is 0.345 e. The minimum atomic E-state index is 0.633. The van der Waals surface area contributed by atoms with Gasteiger partial charge in [-0.1, -0.05) is 13.8 Å². The number of aromatic nitrogens is 2. The van der Waals surface area contributed by atoms with Gasteiger partial charge in [0.25, 0.3) is 0 Å². The van der Waals surface area contributed by atoms with Gasteiger partial charge in [-0.15, -0.1) is 11.8 Å². The van der Waals surface area contributed by atoms with Gasteiger partial charge in [-0.25, -0.2) is 9.97 Å². The van der Waals surface area contributed by atoms with Crippen LogP contribution in [0, 0.1) is 13.8 Å². The highest BCUT2D eigenvalue weighted by Gasteiger charge is 1.99. The zero-order chi connectivity index (χ0) is 10.6. The van der Waals surface area contributed by atoms with E-state index in [1.807, 2.05) is 31.7 Å². The first-order valence-electron chi connectivity index (χ1n) is 4.75. The average Bonchev–Trinajstić information content (AvgIpc) is 2.01. The third-order valence-electron chi connectivity index (χ3n) is 1.63. The Bertz CT molecular complexity index is 279. The van der Waals surface area contributed by atoms with E-state index in [1.54, 1.807) is 0 Å². The van der Waals surface area contributed by atoms with Crippen molar-refractivity contribution >= 4 is 17.7 Å². The minimum Gasteiger partial charge on any atom is -0.345 e. The van der Waals surface area contributed by atoms with Crippen LogP contribution in [0.2, 0.25) is 0 Å². The van der Waals surface area contributed by atoms with Crippen LogP contribution in [0.5, 0.6) is 0 Å². The number of thioether (sulfide) groups is 1. The van der Waals surface area contributed by atoms with Crippen LogP contribution >= 0.6 is 11.8 Å². The van der Waals surface area contributed by atoms with Gasteiger partial charge >= 0.3 is 0 Å². The second kappa shape index (κ2) is 5.20. The zero-order valence-corrected chi connectivity index (χ0v) is 9.98. The lowest BCUT2D eigenvalue weighted by molar-refractivity contribution is 1.04. The van der Waals surface area contributed by atoms with Gasteiger partial charge in [0.2, 0.25) is 5.95 Å². The van der Waals surface area contributed by atoms with Crippen LogP contribution in [0.15, 0.2) is 6.07 Å². The molecule has 0 saturated carbocycles. The van der Waals surface area contributed by atoms with Crippen molar-refractivity contribution in [3.8, 4) is 0 Å². The van der Waals surface area contributed by atoms with Crippen molar-refractivity contribution in [1.29, 1.82) is 0 Å². The molecule has 1 aromatic rings. The standard InChI is InChI=1S/C10H17N3S/c1-7(2)14-6-11-10-12-8(3)5-9(4)13-10/h5,7H,6H2,1-4H3,(H,11,12,13). The summed E-state index contributed by atoms with van der Waals surface area (Å²) in [5.74, 6) is 1.59. The molecule has 0 radical (unpaired) electrons. The Morgan fingerprint density at radius 3 is 2.36 bits per heavy atom. The first-order valence-corrected chi connectivity index (χ1v) is 5.80. The Labute approximate surface area is 89.7 Å². The number of aryl methyl sites for hydroxylation is 2. The molecule has 1 aromatic heterocycles. The Kier molecular flexibility index (Phi) is 4.20. The molecule has 3 nitrogen and oxygen atoms in total. The third kappa shape index (κ3) is 3.96. The maximum atomic E-state index is 4.30. The van der Waals surface area contributed by atoms with Crippen molar-refractivity contribution in [2.45, 2.75) is 32.9 Å². The lowest BCUT2D eigenvalue weighted by atomic mass is 10.4. The van der Waals surface area contributed by atoms with Crippen LogP contribution < -0.4 is 5.32 Å². The van der Waals surface area contributed by atoms with E-state index < -0.39 is 0 Å². The van der Waals surface area contributed by atoms with Crippen molar-refractivity contribution in [2.24, 2.45) is 0 Å². The molecule has 14 heavy (non-hydrogen) atoms.